The molecule has 1 unspecified atom stereocenters. The van der Waals surface area contributed by atoms with E-state index in [0.29, 0.717) is 0 Å². The highest BCUT2D eigenvalue weighted by Crippen LogP contribution is 2.24. The van der Waals surface area contributed by atoms with Crippen LogP contribution in [0.4, 0.5) is 4.39 Å². The van der Waals surface area contributed by atoms with Gasteiger partial charge in [0.05, 0.1) is 7.11 Å². The molecule has 0 amide bonds. The van der Waals surface area contributed by atoms with Crippen molar-refractivity contribution in [3.05, 3.63) is 42.2 Å². The number of nitrogens with one attached hydrogen (secondary N) is 1. The van der Waals surface area contributed by atoms with E-state index in [-0.39, 0.29) is 17.6 Å². The molecular weight excluding hydrogens is 205 g/mol. The van der Waals surface area contributed by atoms with Gasteiger partial charge in [0.2, 0.25) is 0 Å². The Morgan fingerprint density at radius 1 is 1.56 bits per heavy atom. The van der Waals surface area contributed by atoms with Crippen LogP contribution in [0.3, 0.4) is 0 Å². The number of allylic oxidation sites excluding steroid dienone is 1. The van der Waals surface area contributed by atoms with Crippen molar-refractivity contribution in [2.24, 2.45) is 0 Å². The molecule has 1 aromatic rings. The van der Waals surface area contributed by atoms with Gasteiger partial charge in [0.15, 0.2) is 11.6 Å². The predicted molar refractivity (Wildman–Crippen MR) is 64.2 cm³/mol. The summed E-state index contributed by atoms with van der Waals surface area (Å²) in [7, 11) is 3.33. The second-order valence-electron chi connectivity index (χ2n) is 3.60. The SMILES string of the molecule is C=CCCC(NC)c1ccc(OC)c(F)c1. The summed E-state index contributed by atoms with van der Waals surface area (Å²) in [5.41, 5.74) is 0.933. The Hall–Kier alpha value is -1.35. The monoisotopic (exact) mass is 223 g/mol. The molecule has 1 N–H and O–H groups in total. The summed E-state index contributed by atoms with van der Waals surface area (Å²) in [4.78, 5) is 0. The van der Waals surface area contributed by atoms with Gasteiger partial charge in [-0.3, -0.25) is 0 Å². The van der Waals surface area contributed by atoms with Crippen LogP contribution in [-0.2, 0) is 0 Å². The molecule has 88 valence electrons. The molecule has 0 fully saturated rings. The van der Waals surface area contributed by atoms with Crippen molar-refractivity contribution in [3.63, 3.8) is 0 Å². The Morgan fingerprint density at radius 2 is 2.31 bits per heavy atom. The lowest BCUT2D eigenvalue weighted by Crippen LogP contribution is -2.16. The van der Waals surface area contributed by atoms with Gasteiger partial charge in [0, 0.05) is 6.04 Å². The number of halogens is 1. The Morgan fingerprint density at radius 3 is 2.81 bits per heavy atom. The first kappa shape index (κ1) is 12.7. The third kappa shape index (κ3) is 3.07. The van der Waals surface area contributed by atoms with Gasteiger partial charge in [-0.05, 0) is 37.6 Å². The summed E-state index contributed by atoms with van der Waals surface area (Å²) >= 11 is 0. The average molecular weight is 223 g/mol. The molecule has 1 rings (SSSR count). The van der Waals surface area contributed by atoms with Crippen molar-refractivity contribution < 1.29 is 9.13 Å². The van der Waals surface area contributed by atoms with Gasteiger partial charge in [0.1, 0.15) is 0 Å². The molecule has 16 heavy (non-hydrogen) atoms. The van der Waals surface area contributed by atoms with Crippen molar-refractivity contribution in [2.45, 2.75) is 18.9 Å². The van der Waals surface area contributed by atoms with Crippen LogP contribution in [-0.4, -0.2) is 14.2 Å². The van der Waals surface area contributed by atoms with E-state index < -0.39 is 0 Å². The highest BCUT2D eigenvalue weighted by Gasteiger charge is 2.11. The maximum absolute atomic E-state index is 13.5. The number of methoxy groups -OCH3 is 1. The minimum atomic E-state index is -0.321. The molecule has 1 aromatic carbocycles. The molecule has 1 atom stereocenters. The molecule has 0 aliphatic carbocycles. The second-order valence-corrected chi connectivity index (χ2v) is 3.60. The van der Waals surface area contributed by atoms with Crippen LogP contribution in [0, 0.1) is 5.82 Å². The highest BCUT2D eigenvalue weighted by atomic mass is 19.1. The predicted octanol–water partition coefficient (Wildman–Crippen LogP) is 3.06. The van der Waals surface area contributed by atoms with E-state index in [1.54, 1.807) is 6.07 Å². The molecule has 3 heteroatoms. The lowest BCUT2D eigenvalue weighted by Gasteiger charge is -2.16. The van der Waals surface area contributed by atoms with Gasteiger partial charge in [-0.2, -0.15) is 0 Å². The third-order valence-corrected chi connectivity index (χ3v) is 2.59. The molecule has 0 aliphatic heterocycles. The van der Waals surface area contributed by atoms with E-state index in [4.69, 9.17) is 4.74 Å². The number of benzene rings is 1. The fourth-order valence-electron chi connectivity index (χ4n) is 1.66. The van der Waals surface area contributed by atoms with E-state index in [0.717, 1.165) is 18.4 Å². The van der Waals surface area contributed by atoms with Crippen molar-refractivity contribution in [3.8, 4) is 5.75 Å². The lowest BCUT2D eigenvalue weighted by atomic mass is 10.0. The number of ether oxygens (including phenoxy) is 1. The largest absolute Gasteiger partial charge is 0.494 e. The first-order chi connectivity index (χ1) is 7.72. The number of hydrogen-bond donors (Lipinski definition) is 1. The molecule has 0 aromatic heterocycles. The molecule has 0 saturated carbocycles. The van der Waals surface area contributed by atoms with Crippen LogP contribution in [0.5, 0.6) is 5.75 Å². The van der Waals surface area contributed by atoms with Gasteiger partial charge < -0.3 is 10.1 Å². The number of hydrogen-bond acceptors (Lipinski definition) is 2. The lowest BCUT2D eigenvalue weighted by molar-refractivity contribution is 0.385. The molecule has 0 radical (unpaired) electrons. The van der Waals surface area contributed by atoms with E-state index in [2.05, 4.69) is 11.9 Å². The van der Waals surface area contributed by atoms with E-state index >= 15 is 0 Å². The molecular formula is C13H18FNO. The standard InChI is InChI=1S/C13H18FNO/c1-4-5-6-12(15-2)10-7-8-13(16-3)11(14)9-10/h4,7-9,12,15H,1,5-6H2,2-3H3. The number of rotatable bonds is 6. The fraction of sp³-hybridized carbons (Fsp3) is 0.385. The van der Waals surface area contributed by atoms with Gasteiger partial charge in [0.25, 0.3) is 0 Å². The summed E-state index contributed by atoms with van der Waals surface area (Å²) in [6.07, 6.45) is 3.68. The Bertz CT molecular complexity index is 352. The second kappa shape index (κ2) is 6.28. The quantitative estimate of drug-likeness (QED) is 0.748. The summed E-state index contributed by atoms with van der Waals surface area (Å²) in [6.45, 7) is 3.68. The molecule has 0 aliphatic rings. The normalized spacial score (nSPS) is 12.2. The van der Waals surface area contributed by atoms with Crippen molar-refractivity contribution in [1.29, 1.82) is 0 Å². The zero-order valence-corrected chi connectivity index (χ0v) is 9.79. The Labute approximate surface area is 96.1 Å². The molecule has 0 bridgehead atoms. The van der Waals surface area contributed by atoms with Gasteiger partial charge >= 0.3 is 0 Å². The van der Waals surface area contributed by atoms with Crippen molar-refractivity contribution in [1.82, 2.24) is 5.32 Å². The summed E-state index contributed by atoms with van der Waals surface area (Å²) in [5.74, 6) is -0.0406. The van der Waals surface area contributed by atoms with Crippen molar-refractivity contribution in [2.75, 3.05) is 14.2 Å². The zero-order valence-electron chi connectivity index (χ0n) is 9.79. The smallest absolute Gasteiger partial charge is 0.165 e. The molecule has 2 nitrogen and oxygen atoms in total. The molecule has 0 spiro atoms. The van der Waals surface area contributed by atoms with Crippen LogP contribution in [0.1, 0.15) is 24.4 Å². The van der Waals surface area contributed by atoms with Crippen LogP contribution in [0.2, 0.25) is 0 Å². The topological polar surface area (TPSA) is 21.3 Å². The van der Waals surface area contributed by atoms with E-state index in [1.807, 2.05) is 19.2 Å². The van der Waals surface area contributed by atoms with Crippen LogP contribution in [0.15, 0.2) is 30.9 Å². The van der Waals surface area contributed by atoms with E-state index in [1.165, 1.54) is 13.2 Å². The minimum Gasteiger partial charge on any atom is -0.494 e. The summed E-state index contributed by atoms with van der Waals surface area (Å²) in [6, 6.07) is 5.21. The van der Waals surface area contributed by atoms with E-state index in [9.17, 15) is 4.39 Å². The highest BCUT2D eigenvalue weighted by molar-refractivity contribution is 5.31. The first-order valence-corrected chi connectivity index (χ1v) is 5.34. The Kier molecular flexibility index (Phi) is 4.99. The van der Waals surface area contributed by atoms with Crippen LogP contribution in [0.25, 0.3) is 0 Å². The molecule has 0 heterocycles. The maximum atomic E-state index is 13.5. The summed E-state index contributed by atoms with van der Waals surface area (Å²) in [5, 5.41) is 3.16. The van der Waals surface area contributed by atoms with Gasteiger partial charge in [-0.1, -0.05) is 12.1 Å². The van der Waals surface area contributed by atoms with Gasteiger partial charge in [-0.15, -0.1) is 6.58 Å². The van der Waals surface area contributed by atoms with Crippen LogP contribution >= 0.6 is 0 Å². The maximum Gasteiger partial charge on any atom is 0.165 e. The minimum absolute atomic E-state index is 0.151. The van der Waals surface area contributed by atoms with Crippen molar-refractivity contribution >= 4 is 0 Å². The Balaban J connectivity index is 2.84. The van der Waals surface area contributed by atoms with Gasteiger partial charge in [-0.25, -0.2) is 4.39 Å². The fourth-order valence-corrected chi connectivity index (χ4v) is 1.66. The summed E-state index contributed by atoms with van der Waals surface area (Å²) < 4.78 is 18.4. The average Bonchev–Trinajstić information content (AvgIpc) is 2.30. The molecule has 0 saturated heterocycles. The first-order valence-electron chi connectivity index (χ1n) is 5.34. The zero-order chi connectivity index (χ0) is 12.0. The third-order valence-electron chi connectivity index (χ3n) is 2.59. The van der Waals surface area contributed by atoms with Crippen LogP contribution < -0.4 is 10.1 Å².